The molecule has 0 N–H and O–H groups in total. The smallest absolute Gasteiger partial charge is 0.147 e. The molecule has 0 bridgehead atoms. The molecule has 2 fully saturated rings. The number of piperazine rings is 1. The highest BCUT2D eigenvalue weighted by Crippen LogP contribution is 2.57. The maximum atomic E-state index is 12.8. The van der Waals surface area contributed by atoms with E-state index in [1.807, 2.05) is 0 Å². The molecule has 0 spiro atoms. The first-order chi connectivity index (χ1) is 11.0. The van der Waals surface area contributed by atoms with Gasteiger partial charge in [0.2, 0.25) is 0 Å². The standard InChI is InChI=1S/C20H30N2O/c1-5-20(6-2)17(19(3,4)18(20)23)22-14-12-21(13-15-22)16-10-8-7-9-11-16/h7-11,17H,5-6,12-15H2,1-4H3. The number of hydrogen-bond acceptors (Lipinski definition) is 3. The molecular formula is C20H30N2O. The van der Waals surface area contributed by atoms with Crippen molar-refractivity contribution in [1.82, 2.24) is 4.90 Å². The fraction of sp³-hybridized carbons (Fsp3) is 0.650. The van der Waals surface area contributed by atoms with Gasteiger partial charge in [-0.25, -0.2) is 0 Å². The fourth-order valence-electron chi connectivity index (χ4n) is 5.14. The normalized spacial score (nSPS) is 26.9. The molecule has 23 heavy (non-hydrogen) atoms. The number of Topliss-reactive ketones (excluding diaryl/α,β-unsaturated/α-hetero) is 1. The molecule has 126 valence electrons. The second-order valence-electron chi connectivity index (χ2n) is 7.68. The lowest BCUT2D eigenvalue weighted by Crippen LogP contribution is -2.74. The highest BCUT2D eigenvalue weighted by Gasteiger charge is 2.66. The summed E-state index contributed by atoms with van der Waals surface area (Å²) < 4.78 is 0. The van der Waals surface area contributed by atoms with Gasteiger partial charge in [0, 0.05) is 48.7 Å². The van der Waals surface area contributed by atoms with Gasteiger partial charge in [-0.1, -0.05) is 45.9 Å². The van der Waals surface area contributed by atoms with Gasteiger partial charge in [0.25, 0.3) is 0 Å². The van der Waals surface area contributed by atoms with E-state index in [0.29, 0.717) is 11.8 Å². The molecule has 1 atom stereocenters. The van der Waals surface area contributed by atoms with Crippen molar-refractivity contribution in [3.05, 3.63) is 30.3 Å². The lowest BCUT2D eigenvalue weighted by atomic mass is 9.46. The lowest BCUT2D eigenvalue weighted by molar-refractivity contribution is -0.177. The fourth-order valence-corrected chi connectivity index (χ4v) is 5.14. The van der Waals surface area contributed by atoms with Crippen LogP contribution in [-0.4, -0.2) is 42.9 Å². The van der Waals surface area contributed by atoms with E-state index < -0.39 is 0 Å². The van der Waals surface area contributed by atoms with Crippen molar-refractivity contribution in [1.29, 1.82) is 0 Å². The first-order valence-electron chi connectivity index (χ1n) is 9.06. The van der Waals surface area contributed by atoms with Crippen LogP contribution >= 0.6 is 0 Å². The second kappa shape index (κ2) is 5.94. The van der Waals surface area contributed by atoms with Crippen LogP contribution in [0.2, 0.25) is 0 Å². The van der Waals surface area contributed by atoms with Crippen molar-refractivity contribution >= 4 is 11.5 Å². The van der Waals surface area contributed by atoms with E-state index in [9.17, 15) is 4.79 Å². The molecule has 1 unspecified atom stereocenters. The number of carbonyl (C=O) groups is 1. The molecule has 1 saturated heterocycles. The van der Waals surface area contributed by atoms with Crippen molar-refractivity contribution in [2.24, 2.45) is 10.8 Å². The average Bonchev–Trinajstić information content (AvgIpc) is 2.60. The van der Waals surface area contributed by atoms with Crippen molar-refractivity contribution in [2.45, 2.75) is 46.6 Å². The minimum atomic E-state index is -0.194. The zero-order valence-electron chi connectivity index (χ0n) is 15.0. The summed E-state index contributed by atoms with van der Waals surface area (Å²) in [6, 6.07) is 11.1. The number of hydrogen-bond donors (Lipinski definition) is 0. The van der Waals surface area contributed by atoms with Crippen molar-refractivity contribution in [3.63, 3.8) is 0 Å². The molecule has 1 heterocycles. The zero-order valence-corrected chi connectivity index (χ0v) is 15.0. The van der Waals surface area contributed by atoms with Gasteiger partial charge in [-0.2, -0.15) is 0 Å². The van der Waals surface area contributed by atoms with Crippen LogP contribution in [0.3, 0.4) is 0 Å². The van der Waals surface area contributed by atoms with Gasteiger partial charge in [-0.3, -0.25) is 9.69 Å². The summed E-state index contributed by atoms with van der Waals surface area (Å²) in [6.45, 7) is 12.9. The Hall–Kier alpha value is -1.35. The number of rotatable bonds is 4. The number of benzene rings is 1. The molecule has 3 nitrogen and oxygen atoms in total. The van der Waals surface area contributed by atoms with Crippen LogP contribution in [0.4, 0.5) is 5.69 Å². The summed E-state index contributed by atoms with van der Waals surface area (Å²) in [7, 11) is 0. The number of para-hydroxylation sites is 1. The molecule has 3 heteroatoms. The van der Waals surface area contributed by atoms with Crippen molar-refractivity contribution < 1.29 is 4.79 Å². The van der Waals surface area contributed by atoms with Crippen molar-refractivity contribution in [2.75, 3.05) is 31.1 Å². The van der Waals surface area contributed by atoms with Crippen LogP contribution in [0, 0.1) is 10.8 Å². The van der Waals surface area contributed by atoms with Gasteiger partial charge in [0.05, 0.1) is 0 Å². The Morgan fingerprint density at radius 2 is 1.57 bits per heavy atom. The summed E-state index contributed by atoms with van der Waals surface area (Å²) in [5, 5.41) is 0. The topological polar surface area (TPSA) is 23.6 Å². The molecule has 1 aromatic carbocycles. The van der Waals surface area contributed by atoms with E-state index in [1.165, 1.54) is 5.69 Å². The third kappa shape index (κ3) is 2.40. The second-order valence-corrected chi connectivity index (χ2v) is 7.68. The molecular weight excluding hydrogens is 284 g/mol. The number of carbonyl (C=O) groups excluding carboxylic acids is 1. The van der Waals surface area contributed by atoms with Gasteiger partial charge in [0.1, 0.15) is 5.78 Å². The summed E-state index contributed by atoms with van der Waals surface area (Å²) in [4.78, 5) is 17.8. The molecule has 1 aliphatic carbocycles. The Bertz CT molecular complexity index is 554. The third-order valence-corrected chi connectivity index (χ3v) is 6.31. The maximum absolute atomic E-state index is 12.8. The molecule has 3 rings (SSSR count). The van der Waals surface area contributed by atoms with Crippen LogP contribution in [0.15, 0.2) is 30.3 Å². The highest BCUT2D eigenvalue weighted by atomic mass is 16.1. The third-order valence-electron chi connectivity index (χ3n) is 6.31. The highest BCUT2D eigenvalue weighted by molar-refractivity contribution is 5.98. The molecule has 1 aliphatic heterocycles. The first-order valence-corrected chi connectivity index (χ1v) is 9.06. The van der Waals surface area contributed by atoms with E-state index in [4.69, 9.17) is 0 Å². The van der Waals surface area contributed by atoms with E-state index in [0.717, 1.165) is 39.0 Å². The molecule has 0 radical (unpaired) electrons. The minimum absolute atomic E-state index is 0.113. The largest absolute Gasteiger partial charge is 0.369 e. The summed E-state index contributed by atoms with van der Waals surface area (Å²) in [6.07, 6.45) is 1.94. The number of nitrogens with zero attached hydrogens (tertiary/aromatic N) is 2. The average molecular weight is 314 g/mol. The molecule has 2 aliphatic rings. The zero-order chi connectivity index (χ0) is 16.7. The Kier molecular flexibility index (Phi) is 4.26. The SMILES string of the molecule is CCC1(CC)C(=O)C(C)(C)C1N1CCN(c2ccccc2)CC1. The number of ketones is 1. The van der Waals surface area contributed by atoms with Gasteiger partial charge in [-0.15, -0.1) is 0 Å². The van der Waals surface area contributed by atoms with Crippen molar-refractivity contribution in [3.8, 4) is 0 Å². The molecule has 1 aromatic rings. The van der Waals surface area contributed by atoms with Gasteiger partial charge in [0.15, 0.2) is 0 Å². The predicted octanol–water partition coefficient (Wildman–Crippen LogP) is 3.59. The molecule has 1 saturated carbocycles. The summed E-state index contributed by atoms with van der Waals surface area (Å²) in [5.74, 6) is 0.477. The minimum Gasteiger partial charge on any atom is -0.369 e. The van der Waals surface area contributed by atoms with Gasteiger partial charge in [-0.05, 0) is 25.0 Å². The monoisotopic (exact) mass is 314 g/mol. The Morgan fingerprint density at radius 3 is 2.09 bits per heavy atom. The Labute approximate surface area is 140 Å². The van der Waals surface area contributed by atoms with Crippen LogP contribution in [0.25, 0.3) is 0 Å². The van der Waals surface area contributed by atoms with E-state index in [-0.39, 0.29) is 10.8 Å². The van der Waals surface area contributed by atoms with Crippen LogP contribution < -0.4 is 4.90 Å². The van der Waals surface area contributed by atoms with Crippen LogP contribution in [0.5, 0.6) is 0 Å². The summed E-state index contributed by atoms with van der Waals surface area (Å²) >= 11 is 0. The Morgan fingerprint density at radius 1 is 1.00 bits per heavy atom. The van der Waals surface area contributed by atoms with Gasteiger partial charge < -0.3 is 4.90 Å². The van der Waals surface area contributed by atoms with Gasteiger partial charge >= 0.3 is 0 Å². The quantitative estimate of drug-likeness (QED) is 0.848. The van der Waals surface area contributed by atoms with E-state index in [1.54, 1.807) is 0 Å². The lowest BCUT2D eigenvalue weighted by Gasteiger charge is -2.63. The number of anilines is 1. The maximum Gasteiger partial charge on any atom is 0.147 e. The van der Waals surface area contributed by atoms with Crippen LogP contribution in [-0.2, 0) is 4.79 Å². The Balaban J connectivity index is 1.73. The molecule has 0 aromatic heterocycles. The van der Waals surface area contributed by atoms with E-state index >= 15 is 0 Å². The van der Waals surface area contributed by atoms with E-state index in [2.05, 4.69) is 67.8 Å². The predicted molar refractivity (Wildman–Crippen MR) is 95.8 cm³/mol. The molecule has 0 amide bonds. The summed E-state index contributed by atoms with van der Waals surface area (Å²) in [5.41, 5.74) is 1.01. The van der Waals surface area contributed by atoms with Crippen LogP contribution in [0.1, 0.15) is 40.5 Å². The first kappa shape index (κ1) is 16.5.